The molecule has 0 spiro atoms. The number of rotatable bonds is 6. The van der Waals surface area contributed by atoms with Gasteiger partial charge in [-0.3, -0.25) is 19.3 Å². The van der Waals surface area contributed by atoms with Gasteiger partial charge in [-0.15, -0.1) is 0 Å². The number of hydrogen-bond acceptors (Lipinski definition) is 5. The van der Waals surface area contributed by atoms with Crippen molar-refractivity contribution in [2.24, 2.45) is 5.92 Å². The van der Waals surface area contributed by atoms with Crippen LogP contribution in [0.15, 0.2) is 48.5 Å². The van der Waals surface area contributed by atoms with Crippen LogP contribution in [-0.2, 0) is 14.3 Å². The Morgan fingerprint density at radius 1 is 1.03 bits per heavy atom. The third-order valence-electron chi connectivity index (χ3n) is 4.43. The molecule has 1 aliphatic rings. The van der Waals surface area contributed by atoms with Crippen LogP contribution in [0.25, 0.3) is 0 Å². The number of esters is 1. The Morgan fingerprint density at radius 2 is 1.66 bits per heavy atom. The zero-order valence-corrected chi connectivity index (χ0v) is 15.8. The lowest BCUT2D eigenvalue weighted by molar-refractivity contribution is -0.152. The van der Waals surface area contributed by atoms with Crippen LogP contribution in [0.3, 0.4) is 0 Å². The molecule has 1 heterocycles. The average Bonchev–Trinajstić information content (AvgIpc) is 2.92. The van der Waals surface area contributed by atoms with E-state index in [1.54, 1.807) is 26.0 Å². The maximum Gasteiger partial charge on any atom is 0.330 e. The molecule has 8 heteroatoms. The molecule has 2 aromatic carbocycles. The van der Waals surface area contributed by atoms with Gasteiger partial charge in [-0.05, 0) is 36.2 Å². The quantitative estimate of drug-likeness (QED) is 0.597. The molecule has 1 N–H and O–H groups in total. The Labute approximate surface area is 166 Å². The summed E-state index contributed by atoms with van der Waals surface area (Å²) in [7, 11) is 0. The summed E-state index contributed by atoms with van der Waals surface area (Å²) in [6.45, 7) is 2.70. The van der Waals surface area contributed by atoms with E-state index in [2.05, 4.69) is 5.32 Å². The highest BCUT2D eigenvalue weighted by atomic mass is 19.1. The monoisotopic (exact) mass is 398 g/mol. The summed E-state index contributed by atoms with van der Waals surface area (Å²) in [5.41, 5.74) is 0.659. The Morgan fingerprint density at radius 3 is 2.21 bits per heavy atom. The number of carbonyl (C=O) groups is 4. The highest BCUT2D eigenvalue weighted by Gasteiger charge is 2.44. The Bertz CT molecular complexity index is 954. The van der Waals surface area contributed by atoms with Gasteiger partial charge in [-0.1, -0.05) is 32.0 Å². The summed E-state index contributed by atoms with van der Waals surface area (Å²) in [4.78, 5) is 50.8. The highest BCUT2D eigenvalue weighted by Crippen LogP contribution is 2.27. The molecule has 0 radical (unpaired) electrons. The molecule has 3 rings (SSSR count). The van der Waals surface area contributed by atoms with Gasteiger partial charge in [0.25, 0.3) is 17.7 Å². The minimum Gasteiger partial charge on any atom is -0.454 e. The van der Waals surface area contributed by atoms with E-state index in [9.17, 15) is 23.6 Å². The molecule has 2 aromatic rings. The summed E-state index contributed by atoms with van der Waals surface area (Å²) in [5, 5.41) is 2.40. The van der Waals surface area contributed by atoms with Crippen LogP contribution >= 0.6 is 0 Å². The molecule has 0 aromatic heterocycles. The third kappa shape index (κ3) is 4.16. The van der Waals surface area contributed by atoms with Gasteiger partial charge in [0.05, 0.1) is 11.1 Å². The Balaban J connectivity index is 1.68. The van der Waals surface area contributed by atoms with E-state index in [4.69, 9.17) is 4.74 Å². The summed E-state index contributed by atoms with van der Waals surface area (Å²) >= 11 is 0. The molecule has 1 unspecified atom stereocenters. The van der Waals surface area contributed by atoms with Crippen LogP contribution in [0.2, 0.25) is 0 Å². The molecule has 3 amide bonds. The van der Waals surface area contributed by atoms with Crippen molar-refractivity contribution in [2.75, 3.05) is 11.9 Å². The molecule has 0 saturated heterocycles. The van der Waals surface area contributed by atoms with Crippen LogP contribution < -0.4 is 5.32 Å². The predicted molar refractivity (Wildman–Crippen MR) is 102 cm³/mol. The van der Waals surface area contributed by atoms with E-state index in [1.807, 2.05) is 0 Å². The molecule has 0 saturated carbocycles. The lowest BCUT2D eigenvalue weighted by atomic mass is 10.0. The molecule has 29 heavy (non-hydrogen) atoms. The van der Waals surface area contributed by atoms with Crippen molar-refractivity contribution in [3.05, 3.63) is 65.5 Å². The average molecular weight is 398 g/mol. The lowest BCUT2D eigenvalue weighted by Gasteiger charge is -2.27. The first kappa shape index (κ1) is 20.2. The zero-order chi connectivity index (χ0) is 21.1. The molecule has 1 aliphatic heterocycles. The SMILES string of the molecule is CC(C)C(C(=O)OCC(=O)Nc1cccc(F)c1)N1C(=O)c2ccccc2C1=O. The number of halogens is 1. The van der Waals surface area contributed by atoms with Gasteiger partial charge >= 0.3 is 5.97 Å². The first-order valence-electron chi connectivity index (χ1n) is 8.98. The second-order valence-electron chi connectivity index (χ2n) is 6.88. The topological polar surface area (TPSA) is 92.8 Å². The molecule has 7 nitrogen and oxygen atoms in total. The summed E-state index contributed by atoms with van der Waals surface area (Å²) in [6.07, 6.45) is 0. The molecule has 0 fully saturated rings. The van der Waals surface area contributed by atoms with Crippen LogP contribution in [0.4, 0.5) is 10.1 Å². The number of nitrogens with zero attached hydrogens (tertiary/aromatic N) is 1. The third-order valence-corrected chi connectivity index (χ3v) is 4.43. The number of carbonyl (C=O) groups excluding carboxylic acids is 4. The number of anilines is 1. The van der Waals surface area contributed by atoms with E-state index < -0.39 is 48.1 Å². The van der Waals surface area contributed by atoms with Crippen molar-refractivity contribution in [1.29, 1.82) is 0 Å². The smallest absolute Gasteiger partial charge is 0.330 e. The zero-order valence-electron chi connectivity index (χ0n) is 15.8. The van der Waals surface area contributed by atoms with Crippen molar-refractivity contribution < 1.29 is 28.3 Å². The highest BCUT2D eigenvalue weighted by molar-refractivity contribution is 6.22. The van der Waals surface area contributed by atoms with Gasteiger partial charge in [0.15, 0.2) is 6.61 Å². The van der Waals surface area contributed by atoms with Crippen molar-refractivity contribution in [1.82, 2.24) is 4.90 Å². The van der Waals surface area contributed by atoms with Gasteiger partial charge in [-0.25, -0.2) is 9.18 Å². The van der Waals surface area contributed by atoms with Gasteiger partial charge in [0.1, 0.15) is 11.9 Å². The fourth-order valence-corrected chi connectivity index (χ4v) is 3.12. The van der Waals surface area contributed by atoms with E-state index in [0.717, 1.165) is 11.0 Å². The maximum absolute atomic E-state index is 13.2. The fraction of sp³-hybridized carbons (Fsp3) is 0.238. The molecule has 0 bridgehead atoms. The fourth-order valence-electron chi connectivity index (χ4n) is 3.12. The minimum absolute atomic E-state index is 0.215. The van der Waals surface area contributed by atoms with Gasteiger partial charge in [0, 0.05) is 5.69 Å². The van der Waals surface area contributed by atoms with Crippen LogP contribution in [-0.4, -0.2) is 41.2 Å². The van der Waals surface area contributed by atoms with Crippen molar-refractivity contribution in [2.45, 2.75) is 19.9 Å². The van der Waals surface area contributed by atoms with Crippen LogP contribution in [0.5, 0.6) is 0 Å². The second kappa shape index (κ2) is 8.22. The Kier molecular flexibility index (Phi) is 5.72. The van der Waals surface area contributed by atoms with E-state index in [-0.39, 0.29) is 16.8 Å². The van der Waals surface area contributed by atoms with Crippen molar-refractivity contribution in [3.63, 3.8) is 0 Å². The van der Waals surface area contributed by atoms with Gasteiger partial charge in [-0.2, -0.15) is 0 Å². The van der Waals surface area contributed by atoms with E-state index in [1.165, 1.54) is 30.3 Å². The molecular weight excluding hydrogens is 379 g/mol. The van der Waals surface area contributed by atoms with Gasteiger partial charge in [0.2, 0.25) is 0 Å². The number of benzene rings is 2. The number of hydrogen-bond donors (Lipinski definition) is 1. The predicted octanol–water partition coefficient (Wildman–Crippen LogP) is 2.63. The number of imide groups is 1. The van der Waals surface area contributed by atoms with E-state index >= 15 is 0 Å². The molecular formula is C21H19FN2O5. The number of amides is 3. The normalized spacial score (nSPS) is 14.0. The summed E-state index contributed by atoms with van der Waals surface area (Å²) < 4.78 is 18.2. The van der Waals surface area contributed by atoms with Crippen LogP contribution in [0.1, 0.15) is 34.6 Å². The maximum atomic E-state index is 13.2. The number of nitrogens with one attached hydrogen (secondary N) is 1. The van der Waals surface area contributed by atoms with Crippen molar-refractivity contribution >= 4 is 29.4 Å². The number of fused-ring (bicyclic) bond motifs is 1. The molecule has 0 aliphatic carbocycles. The summed E-state index contributed by atoms with van der Waals surface area (Å²) in [6, 6.07) is 10.4. The standard InChI is InChI=1S/C21H19FN2O5/c1-12(2)18(24-19(26)15-8-3-4-9-16(15)20(24)27)21(28)29-11-17(25)23-14-7-5-6-13(22)10-14/h3-10,12,18H,11H2,1-2H3,(H,23,25). The minimum atomic E-state index is -1.18. The lowest BCUT2D eigenvalue weighted by Crippen LogP contribution is -2.49. The number of ether oxygens (including phenoxy) is 1. The molecule has 150 valence electrons. The van der Waals surface area contributed by atoms with Gasteiger partial charge < -0.3 is 10.1 Å². The largest absolute Gasteiger partial charge is 0.454 e. The Hall–Kier alpha value is -3.55. The van der Waals surface area contributed by atoms with Crippen LogP contribution in [0, 0.1) is 11.7 Å². The summed E-state index contributed by atoms with van der Waals surface area (Å²) in [5.74, 6) is -3.66. The second-order valence-corrected chi connectivity index (χ2v) is 6.88. The molecule has 1 atom stereocenters. The van der Waals surface area contributed by atoms with E-state index in [0.29, 0.717) is 0 Å². The van der Waals surface area contributed by atoms with Crippen molar-refractivity contribution in [3.8, 4) is 0 Å². The first-order chi connectivity index (χ1) is 13.8. The first-order valence-corrected chi connectivity index (χ1v) is 8.98.